The first-order valence-corrected chi connectivity index (χ1v) is 8.72. The first-order chi connectivity index (χ1) is 13.1. The van der Waals surface area contributed by atoms with E-state index in [1.807, 2.05) is 30.3 Å². The summed E-state index contributed by atoms with van der Waals surface area (Å²) < 4.78 is 4.92. The summed E-state index contributed by atoms with van der Waals surface area (Å²) in [7, 11) is 1.56. The third kappa shape index (κ3) is 7.01. The summed E-state index contributed by atoms with van der Waals surface area (Å²) in [5.41, 5.74) is 1.83. The molecule has 0 unspecified atom stereocenters. The number of carbonyl (C=O) groups excluding carboxylic acids is 2. The Balaban J connectivity index is 1.94. The van der Waals surface area contributed by atoms with Gasteiger partial charge in [0.2, 0.25) is 5.91 Å². The average molecular weight is 383 g/mol. The summed E-state index contributed by atoms with van der Waals surface area (Å²) in [6.07, 6.45) is 3.09. The third-order valence-corrected chi connectivity index (χ3v) is 3.68. The number of ether oxygens (including phenoxy) is 1. The molecule has 2 aromatic carbocycles. The Kier molecular flexibility index (Phi) is 8.15. The van der Waals surface area contributed by atoms with Crippen LogP contribution in [-0.2, 0) is 9.53 Å². The van der Waals surface area contributed by atoms with Crippen molar-refractivity contribution in [3.8, 4) is 0 Å². The molecule has 6 nitrogen and oxygen atoms in total. The van der Waals surface area contributed by atoms with Crippen LogP contribution in [0.15, 0.2) is 60.7 Å². The first-order valence-electron chi connectivity index (χ1n) is 8.31. The SMILES string of the molecule is COCCNC(=O)c1ccccc1NC(=S)NC(=O)/C=C/c1ccccc1. The van der Waals surface area contributed by atoms with Gasteiger partial charge in [0.25, 0.3) is 5.91 Å². The van der Waals surface area contributed by atoms with Crippen LogP contribution in [0.1, 0.15) is 15.9 Å². The van der Waals surface area contributed by atoms with Crippen LogP contribution < -0.4 is 16.0 Å². The Morgan fingerprint density at radius 3 is 2.52 bits per heavy atom. The molecule has 2 amide bonds. The van der Waals surface area contributed by atoms with Gasteiger partial charge in [-0.1, -0.05) is 42.5 Å². The number of hydrogen-bond donors (Lipinski definition) is 3. The van der Waals surface area contributed by atoms with E-state index in [0.717, 1.165) is 5.56 Å². The van der Waals surface area contributed by atoms with Crippen LogP contribution in [-0.4, -0.2) is 37.2 Å². The van der Waals surface area contributed by atoms with Gasteiger partial charge in [-0.15, -0.1) is 0 Å². The molecule has 27 heavy (non-hydrogen) atoms. The van der Waals surface area contributed by atoms with Crippen molar-refractivity contribution in [3.63, 3.8) is 0 Å². The van der Waals surface area contributed by atoms with Crippen molar-refractivity contribution >= 4 is 40.9 Å². The van der Waals surface area contributed by atoms with Crippen molar-refractivity contribution in [1.82, 2.24) is 10.6 Å². The molecule has 7 heteroatoms. The van der Waals surface area contributed by atoms with Crippen LogP contribution >= 0.6 is 12.2 Å². The Hall–Kier alpha value is -3.03. The number of hydrogen-bond acceptors (Lipinski definition) is 4. The number of rotatable bonds is 7. The summed E-state index contributed by atoms with van der Waals surface area (Å²) in [6.45, 7) is 0.818. The van der Waals surface area contributed by atoms with Crippen molar-refractivity contribution in [2.75, 3.05) is 25.6 Å². The summed E-state index contributed by atoms with van der Waals surface area (Å²) in [6, 6.07) is 16.4. The van der Waals surface area contributed by atoms with Crippen LogP contribution in [0.4, 0.5) is 5.69 Å². The van der Waals surface area contributed by atoms with Crippen molar-refractivity contribution < 1.29 is 14.3 Å². The zero-order chi connectivity index (χ0) is 19.5. The number of para-hydroxylation sites is 1. The Bertz CT molecular complexity index is 822. The highest BCUT2D eigenvalue weighted by molar-refractivity contribution is 7.80. The van der Waals surface area contributed by atoms with Gasteiger partial charge in [0.1, 0.15) is 0 Å². The highest BCUT2D eigenvalue weighted by atomic mass is 32.1. The van der Waals surface area contributed by atoms with Gasteiger partial charge < -0.3 is 15.4 Å². The van der Waals surface area contributed by atoms with Gasteiger partial charge in [0, 0.05) is 19.7 Å². The number of anilines is 1. The van der Waals surface area contributed by atoms with Gasteiger partial charge in [-0.25, -0.2) is 0 Å². The predicted molar refractivity (Wildman–Crippen MR) is 110 cm³/mol. The second-order valence-corrected chi connectivity index (χ2v) is 5.89. The van der Waals surface area contributed by atoms with Gasteiger partial charge in [-0.2, -0.15) is 0 Å². The third-order valence-electron chi connectivity index (χ3n) is 3.48. The van der Waals surface area contributed by atoms with Crippen LogP contribution in [0.25, 0.3) is 6.08 Å². The van der Waals surface area contributed by atoms with E-state index in [0.29, 0.717) is 24.4 Å². The molecule has 140 valence electrons. The van der Waals surface area contributed by atoms with Gasteiger partial charge in [-0.05, 0) is 36.0 Å². The van der Waals surface area contributed by atoms with Crippen LogP contribution in [0.5, 0.6) is 0 Å². The summed E-state index contributed by atoms with van der Waals surface area (Å²) in [5, 5.41) is 8.30. The molecule has 0 spiro atoms. The normalized spacial score (nSPS) is 10.4. The van der Waals surface area contributed by atoms with Crippen LogP contribution in [0.2, 0.25) is 0 Å². The second kappa shape index (κ2) is 10.8. The largest absolute Gasteiger partial charge is 0.383 e. The maximum Gasteiger partial charge on any atom is 0.253 e. The molecular weight excluding hydrogens is 362 g/mol. The summed E-state index contributed by atoms with van der Waals surface area (Å²) in [5.74, 6) is -0.619. The smallest absolute Gasteiger partial charge is 0.253 e. The van der Waals surface area contributed by atoms with E-state index >= 15 is 0 Å². The second-order valence-electron chi connectivity index (χ2n) is 5.48. The lowest BCUT2D eigenvalue weighted by atomic mass is 10.1. The number of carbonyl (C=O) groups is 2. The lowest BCUT2D eigenvalue weighted by Crippen LogP contribution is -2.34. The highest BCUT2D eigenvalue weighted by Gasteiger charge is 2.12. The molecule has 0 heterocycles. The van der Waals surface area contributed by atoms with E-state index < -0.39 is 0 Å². The average Bonchev–Trinajstić information content (AvgIpc) is 2.67. The molecule has 0 aliphatic rings. The molecule has 0 bridgehead atoms. The van der Waals surface area contributed by atoms with E-state index in [1.165, 1.54) is 6.08 Å². The summed E-state index contributed by atoms with van der Waals surface area (Å²) >= 11 is 5.17. The molecule has 0 fully saturated rings. The molecule has 0 aliphatic carbocycles. The molecule has 3 N–H and O–H groups in total. The minimum Gasteiger partial charge on any atom is -0.383 e. The molecule has 0 atom stereocenters. The number of nitrogens with one attached hydrogen (secondary N) is 3. The van der Waals surface area contributed by atoms with Gasteiger partial charge in [0.05, 0.1) is 17.9 Å². The van der Waals surface area contributed by atoms with E-state index in [4.69, 9.17) is 17.0 Å². The minimum atomic E-state index is -0.363. The van der Waals surface area contributed by atoms with E-state index in [1.54, 1.807) is 37.5 Å². The standard InChI is InChI=1S/C20H21N3O3S/c1-26-14-13-21-19(25)16-9-5-6-10-17(16)22-20(27)23-18(24)12-11-15-7-3-2-4-8-15/h2-12H,13-14H2,1H3,(H,21,25)(H2,22,23,24,27)/b12-11+. The molecular formula is C20H21N3O3S. The Morgan fingerprint density at radius 2 is 1.78 bits per heavy atom. The Morgan fingerprint density at radius 1 is 1.07 bits per heavy atom. The topological polar surface area (TPSA) is 79.5 Å². The van der Waals surface area contributed by atoms with E-state index in [2.05, 4.69) is 16.0 Å². The fourth-order valence-electron chi connectivity index (χ4n) is 2.20. The predicted octanol–water partition coefficient (Wildman–Crippen LogP) is 2.59. The number of thiocarbonyl (C=S) groups is 1. The minimum absolute atomic E-state index is 0.106. The monoisotopic (exact) mass is 383 g/mol. The van der Waals surface area contributed by atoms with Crippen molar-refractivity contribution in [2.24, 2.45) is 0 Å². The zero-order valence-corrected chi connectivity index (χ0v) is 15.7. The molecule has 0 saturated heterocycles. The van der Waals surface area contributed by atoms with E-state index in [9.17, 15) is 9.59 Å². The molecule has 2 rings (SSSR count). The van der Waals surface area contributed by atoms with Crippen LogP contribution in [0.3, 0.4) is 0 Å². The molecule has 0 aliphatic heterocycles. The quantitative estimate of drug-likeness (QED) is 0.389. The number of amides is 2. The number of benzene rings is 2. The molecule has 2 aromatic rings. The molecule has 0 aromatic heterocycles. The molecule has 0 radical (unpaired) electrons. The van der Waals surface area contributed by atoms with Crippen molar-refractivity contribution in [1.29, 1.82) is 0 Å². The molecule has 0 saturated carbocycles. The van der Waals surface area contributed by atoms with Crippen LogP contribution in [0, 0.1) is 0 Å². The maximum absolute atomic E-state index is 12.3. The fraction of sp³-hybridized carbons (Fsp3) is 0.150. The lowest BCUT2D eigenvalue weighted by molar-refractivity contribution is -0.115. The fourth-order valence-corrected chi connectivity index (χ4v) is 2.41. The lowest BCUT2D eigenvalue weighted by Gasteiger charge is -2.13. The highest BCUT2D eigenvalue weighted by Crippen LogP contribution is 2.14. The zero-order valence-electron chi connectivity index (χ0n) is 14.9. The van der Waals surface area contributed by atoms with Gasteiger partial charge in [-0.3, -0.25) is 14.9 Å². The Labute approximate surface area is 163 Å². The van der Waals surface area contributed by atoms with Crippen molar-refractivity contribution in [2.45, 2.75) is 0 Å². The number of methoxy groups -OCH3 is 1. The van der Waals surface area contributed by atoms with E-state index in [-0.39, 0.29) is 16.9 Å². The maximum atomic E-state index is 12.3. The summed E-state index contributed by atoms with van der Waals surface area (Å²) in [4.78, 5) is 24.2. The van der Waals surface area contributed by atoms with Gasteiger partial charge in [0.15, 0.2) is 5.11 Å². The first kappa shape index (κ1) is 20.3. The van der Waals surface area contributed by atoms with Gasteiger partial charge >= 0.3 is 0 Å². The van der Waals surface area contributed by atoms with Crippen molar-refractivity contribution in [3.05, 3.63) is 71.8 Å².